The van der Waals surface area contributed by atoms with E-state index in [1.54, 1.807) is 14.2 Å². The fraction of sp³-hybridized carbons (Fsp3) is 0.522. The van der Waals surface area contributed by atoms with Gasteiger partial charge >= 0.3 is 0 Å². The van der Waals surface area contributed by atoms with Crippen molar-refractivity contribution in [1.29, 1.82) is 0 Å². The van der Waals surface area contributed by atoms with Crippen molar-refractivity contribution in [2.45, 2.75) is 36.8 Å². The minimum atomic E-state index is -0.0853. The highest BCUT2D eigenvalue weighted by Crippen LogP contribution is 2.65. The first-order valence-electron chi connectivity index (χ1n) is 10.5. The lowest BCUT2D eigenvalue weighted by molar-refractivity contribution is -0.118. The molecule has 4 atom stereocenters. The standard InChI is InChI=1S/C23H26N2O4/c1-28-18-10-16-17(11-19(18)29-2)25-21(27)4-3-14-15-9-20-23(16,22(14)25)6-7-24(20)12-13(15)5-8-26/h3,5,10-11,15,20,22,26H,4,6-9,12H2,1-2H3/b13-5+/t15?,20?,22-,23?/m0/s1. The summed E-state index contributed by atoms with van der Waals surface area (Å²) in [6, 6.07) is 4.59. The molecule has 152 valence electrons. The fourth-order valence-electron chi connectivity index (χ4n) is 6.98. The maximum absolute atomic E-state index is 13.2. The van der Waals surface area contributed by atoms with E-state index in [0.29, 0.717) is 24.1 Å². The molecule has 1 amide bonds. The molecule has 6 heteroatoms. The van der Waals surface area contributed by atoms with Gasteiger partial charge in [-0.05, 0) is 36.6 Å². The van der Waals surface area contributed by atoms with Crippen molar-refractivity contribution in [3.05, 3.63) is 41.0 Å². The summed E-state index contributed by atoms with van der Waals surface area (Å²) >= 11 is 0. The average Bonchev–Trinajstić information content (AvgIpc) is 3.27. The summed E-state index contributed by atoms with van der Waals surface area (Å²) in [5, 5.41) is 9.59. The molecule has 1 spiro atoms. The molecule has 2 bridgehead atoms. The number of hydrogen-bond acceptors (Lipinski definition) is 5. The van der Waals surface area contributed by atoms with Crippen LogP contribution in [-0.4, -0.2) is 61.9 Å². The van der Waals surface area contributed by atoms with Crippen LogP contribution in [-0.2, 0) is 10.2 Å². The number of rotatable bonds is 3. The van der Waals surface area contributed by atoms with Gasteiger partial charge in [0.05, 0.1) is 32.6 Å². The van der Waals surface area contributed by atoms with Crippen LogP contribution in [0.1, 0.15) is 24.8 Å². The molecule has 1 saturated carbocycles. The predicted octanol–water partition coefficient (Wildman–Crippen LogP) is 2.01. The van der Waals surface area contributed by atoms with E-state index in [-0.39, 0.29) is 24.0 Å². The summed E-state index contributed by atoms with van der Waals surface area (Å²) in [5.41, 5.74) is 4.83. The number of aliphatic hydroxyl groups is 1. The summed E-state index contributed by atoms with van der Waals surface area (Å²) in [6.07, 6.45) is 6.70. The lowest BCUT2D eigenvalue weighted by atomic mass is 9.57. The number of amides is 1. The van der Waals surface area contributed by atoms with Gasteiger partial charge < -0.3 is 19.5 Å². The highest BCUT2D eigenvalue weighted by atomic mass is 16.5. The van der Waals surface area contributed by atoms with Crippen LogP contribution in [0, 0.1) is 5.92 Å². The Labute approximate surface area is 170 Å². The van der Waals surface area contributed by atoms with Gasteiger partial charge in [0.15, 0.2) is 11.5 Å². The van der Waals surface area contributed by atoms with Crippen molar-refractivity contribution in [2.75, 3.05) is 38.8 Å². The Morgan fingerprint density at radius 1 is 1.28 bits per heavy atom. The third-order valence-electron chi connectivity index (χ3n) is 8.00. The molecule has 4 heterocycles. The zero-order valence-electron chi connectivity index (χ0n) is 16.9. The monoisotopic (exact) mass is 394 g/mol. The number of ether oxygens (including phenoxy) is 2. The van der Waals surface area contributed by atoms with Crippen LogP contribution in [0.15, 0.2) is 35.4 Å². The van der Waals surface area contributed by atoms with Crippen LogP contribution < -0.4 is 14.4 Å². The number of benzene rings is 1. The molecule has 29 heavy (non-hydrogen) atoms. The van der Waals surface area contributed by atoms with Crippen molar-refractivity contribution in [1.82, 2.24) is 4.90 Å². The van der Waals surface area contributed by atoms with Crippen LogP contribution in [0.5, 0.6) is 11.5 Å². The Morgan fingerprint density at radius 2 is 2.07 bits per heavy atom. The Morgan fingerprint density at radius 3 is 2.83 bits per heavy atom. The van der Waals surface area contributed by atoms with Gasteiger partial charge in [0.2, 0.25) is 5.91 Å². The Bertz CT molecular complexity index is 983. The minimum absolute atomic E-state index is 0.0618. The fourth-order valence-corrected chi connectivity index (χ4v) is 6.98. The predicted molar refractivity (Wildman–Crippen MR) is 108 cm³/mol. The molecule has 6 rings (SSSR count). The van der Waals surface area contributed by atoms with E-state index >= 15 is 0 Å². The van der Waals surface area contributed by atoms with E-state index in [1.165, 1.54) is 16.7 Å². The van der Waals surface area contributed by atoms with Gasteiger partial charge in [-0.25, -0.2) is 0 Å². The van der Waals surface area contributed by atoms with Gasteiger partial charge in [0.25, 0.3) is 0 Å². The largest absolute Gasteiger partial charge is 0.493 e. The lowest BCUT2D eigenvalue weighted by Crippen LogP contribution is -2.62. The topological polar surface area (TPSA) is 62.2 Å². The van der Waals surface area contributed by atoms with E-state index in [9.17, 15) is 9.90 Å². The molecule has 1 N–H and O–H groups in total. The maximum Gasteiger partial charge on any atom is 0.231 e. The van der Waals surface area contributed by atoms with Crippen molar-refractivity contribution < 1.29 is 19.4 Å². The van der Waals surface area contributed by atoms with Crippen LogP contribution >= 0.6 is 0 Å². The van der Waals surface area contributed by atoms with Crippen LogP contribution in [0.4, 0.5) is 5.69 Å². The highest BCUT2D eigenvalue weighted by Gasteiger charge is 2.67. The molecule has 0 radical (unpaired) electrons. The highest BCUT2D eigenvalue weighted by molar-refractivity contribution is 6.01. The van der Waals surface area contributed by atoms with Gasteiger partial charge in [0, 0.05) is 36.4 Å². The Hall–Kier alpha value is -2.31. The number of hydrogen-bond donors (Lipinski definition) is 1. The molecule has 6 nitrogen and oxygen atoms in total. The van der Waals surface area contributed by atoms with Crippen LogP contribution in [0.3, 0.4) is 0 Å². The summed E-state index contributed by atoms with van der Waals surface area (Å²) in [5.74, 6) is 1.89. The molecule has 3 fully saturated rings. The zero-order chi connectivity index (χ0) is 19.9. The SMILES string of the molecule is COc1cc2c(cc1OC)C13CCN4C/C(=C\CO)C(CC41)C1=CCC(=O)N2[C@@H]13. The van der Waals surface area contributed by atoms with E-state index in [0.717, 1.165) is 37.4 Å². The summed E-state index contributed by atoms with van der Waals surface area (Å²) < 4.78 is 11.2. The molecular weight excluding hydrogens is 368 g/mol. The van der Waals surface area contributed by atoms with E-state index < -0.39 is 0 Å². The van der Waals surface area contributed by atoms with Crippen molar-refractivity contribution in [3.8, 4) is 11.5 Å². The molecule has 1 aromatic carbocycles. The molecular formula is C23H26N2O4. The van der Waals surface area contributed by atoms with Gasteiger partial charge in [0.1, 0.15) is 0 Å². The zero-order valence-corrected chi connectivity index (χ0v) is 16.9. The van der Waals surface area contributed by atoms with E-state index in [1.807, 2.05) is 12.1 Å². The first-order valence-corrected chi connectivity index (χ1v) is 10.5. The first kappa shape index (κ1) is 17.5. The number of carbonyl (C=O) groups is 1. The van der Waals surface area contributed by atoms with Gasteiger partial charge in [-0.3, -0.25) is 9.69 Å². The third-order valence-corrected chi connectivity index (χ3v) is 8.00. The average molecular weight is 394 g/mol. The van der Waals surface area contributed by atoms with Crippen molar-refractivity contribution in [2.24, 2.45) is 5.92 Å². The van der Waals surface area contributed by atoms with Crippen LogP contribution in [0.25, 0.3) is 0 Å². The number of methoxy groups -OCH3 is 2. The minimum Gasteiger partial charge on any atom is -0.493 e. The lowest BCUT2D eigenvalue weighted by Gasteiger charge is -2.54. The van der Waals surface area contributed by atoms with Gasteiger partial charge in [-0.15, -0.1) is 0 Å². The third kappa shape index (κ3) is 1.96. The number of fused-ring (bicyclic) bond motifs is 4. The quantitative estimate of drug-likeness (QED) is 0.795. The van der Waals surface area contributed by atoms with Crippen molar-refractivity contribution in [3.63, 3.8) is 0 Å². The molecule has 3 unspecified atom stereocenters. The number of piperidine rings is 1. The normalized spacial score (nSPS) is 35.5. The number of nitrogens with zero attached hydrogens (tertiary/aromatic N) is 2. The second-order valence-corrected chi connectivity index (χ2v) is 8.83. The van der Waals surface area contributed by atoms with Gasteiger partial charge in [-0.2, -0.15) is 0 Å². The summed E-state index contributed by atoms with van der Waals surface area (Å²) in [7, 11) is 3.31. The molecule has 0 aromatic heterocycles. The first-order chi connectivity index (χ1) is 14.1. The summed E-state index contributed by atoms with van der Waals surface area (Å²) in [4.78, 5) is 17.8. The van der Waals surface area contributed by atoms with E-state index in [2.05, 4.69) is 21.9 Å². The van der Waals surface area contributed by atoms with Gasteiger partial charge in [-0.1, -0.05) is 17.7 Å². The molecule has 4 aliphatic heterocycles. The Kier molecular flexibility index (Phi) is 3.55. The number of anilines is 1. The number of aliphatic hydroxyl groups excluding tert-OH is 1. The molecule has 2 saturated heterocycles. The molecule has 5 aliphatic rings. The second kappa shape index (κ2) is 5.86. The second-order valence-electron chi connectivity index (χ2n) is 8.83. The smallest absolute Gasteiger partial charge is 0.231 e. The molecule has 1 aliphatic carbocycles. The Balaban J connectivity index is 1.62. The summed E-state index contributed by atoms with van der Waals surface area (Å²) in [6.45, 7) is 2.00. The van der Waals surface area contributed by atoms with E-state index in [4.69, 9.17) is 9.47 Å². The number of carbonyl (C=O) groups excluding carboxylic acids is 1. The molecule has 1 aromatic rings. The van der Waals surface area contributed by atoms with Crippen molar-refractivity contribution >= 4 is 11.6 Å². The van der Waals surface area contributed by atoms with Crippen LogP contribution in [0.2, 0.25) is 0 Å². The maximum atomic E-state index is 13.2.